The lowest BCUT2D eigenvalue weighted by molar-refractivity contribution is 0.101. The number of anilines is 1. The lowest BCUT2D eigenvalue weighted by atomic mass is 9.93. The van der Waals surface area contributed by atoms with Gasteiger partial charge in [0.2, 0.25) is 10.0 Å². The Bertz CT molecular complexity index is 562. The highest BCUT2D eigenvalue weighted by atomic mass is 32.2. The molecule has 0 aliphatic heterocycles. The molecule has 0 radical (unpaired) electrons. The highest BCUT2D eigenvalue weighted by molar-refractivity contribution is 7.89. The molecule has 0 aromatic heterocycles. The quantitative estimate of drug-likeness (QED) is 0.723. The van der Waals surface area contributed by atoms with Crippen LogP contribution in [0.1, 0.15) is 25.7 Å². The summed E-state index contributed by atoms with van der Waals surface area (Å²) in [5.41, 5.74) is 5.38. The predicted molar refractivity (Wildman–Crippen MR) is 69.4 cm³/mol. The molecule has 5 nitrogen and oxygen atoms in total. The number of aliphatic hydroxyl groups is 1. The molecular formula is C12H17FN2O3S. The van der Waals surface area contributed by atoms with Crippen molar-refractivity contribution in [3.63, 3.8) is 0 Å². The average Bonchev–Trinajstić information content (AvgIpc) is 2.31. The Morgan fingerprint density at radius 1 is 1.32 bits per heavy atom. The first-order valence-electron chi connectivity index (χ1n) is 6.15. The lowest BCUT2D eigenvalue weighted by Gasteiger charge is -2.28. The van der Waals surface area contributed by atoms with E-state index >= 15 is 0 Å². The van der Waals surface area contributed by atoms with Gasteiger partial charge in [-0.15, -0.1) is 0 Å². The van der Waals surface area contributed by atoms with Crippen LogP contribution in [0.2, 0.25) is 0 Å². The van der Waals surface area contributed by atoms with Crippen LogP contribution in [0.15, 0.2) is 23.1 Å². The Morgan fingerprint density at radius 2 is 2.00 bits per heavy atom. The molecule has 2 rings (SSSR count). The normalized spacial score (nSPS) is 24.3. The summed E-state index contributed by atoms with van der Waals surface area (Å²) in [5.74, 6) is -0.589. The van der Waals surface area contributed by atoms with Gasteiger partial charge in [-0.2, -0.15) is 0 Å². The third-order valence-corrected chi connectivity index (χ3v) is 4.86. The molecule has 2 unspecified atom stereocenters. The zero-order chi connectivity index (χ0) is 14.0. The van der Waals surface area contributed by atoms with E-state index in [0.29, 0.717) is 12.8 Å². The summed E-state index contributed by atoms with van der Waals surface area (Å²) in [6.45, 7) is 0. The van der Waals surface area contributed by atoms with E-state index in [1.807, 2.05) is 0 Å². The van der Waals surface area contributed by atoms with Crippen LogP contribution >= 0.6 is 0 Å². The van der Waals surface area contributed by atoms with Crippen molar-refractivity contribution in [2.75, 3.05) is 5.73 Å². The second kappa shape index (κ2) is 5.44. The van der Waals surface area contributed by atoms with Gasteiger partial charge < -0.3 is 10.8 Å². The topological polar surface area (TPSA) is 92.4 Å². The van der Waals surface area contributed by atoms with Crippen LogP contribution < -0.4 is 10.5 Å². The molecule has 0 bridgehead atoms. The zero-order valence-corrected chi connectivity index (χ0v) is 11.2. The molecule has 7 heteroatoms. The standard InChI is InChI=1S/C12H17FN2O3S/c13-8-5-6-12(9(14)7-8)19(17,18)15-10-3-1-2-4-11(10)16/h5-7,10-11,15-16H,1-4,14H2. The first kappa shape index (κ1) is 14.2. The SMILES string of the molecule is Nc1cc(F)ccc1S(=O)(=O)NC1CCCCC1O. The van der Waals surface area contributed by atoms with Gasteiger partial charge in [0.15, 0.2) is 0 Å². The number of sulfonamides is 1. The second-order valence-electron chi connectivity index (χ2n) is 4.76. The van der Waals surface area contributed by atoms with Crippen molar-refractivity contribution < 1.29 is 17.9 Å². The molecule has 1 aromatic rings. The maximum atomic E-state index is 12.9. The summed E-state index contributed by atoms with van der Waals surface area (Å²) >= 11 is 0. The molecule has 1 saturated carbocycles. The molecule has 106 valence electrons. The molecule has 1 aliphatic rings. The fourth-order valence-electron chi connectivity index (χ4n) is 2.28. The number of aliphatic hydroxyl groups excluding tert-OH is 1. The van der Waals surface area contributed by atoms with Gasteiger partial charge in [-0.3, -0.25) is 0 Å². The molecule has 2 atom stereocenters. The predicted octanol–water partition coefficient (Wildman–Crippen LogP) is 0.990. The molecular weight excluding hydrogens is 271 g/mol. The molecule has 1 aromatic carbocycles. The molecule has 1 fully saturated rings. The monoisotopic (exact) mass is 288 g/mol. The van der Waals surface area contributed by atoms with Gasteiger partial charge in [0.1, 0.15) is 10.7 Å². The maximum Gasteiger partial charge on any atom is 0.242 e. The molecule has 0 heterocycles. The highest BCUT2D eigenvalue weighted by Crippen LogP contribution is 2.23. The van der Waals surface area contributed by atoms with E-state index in [9.17, 15) is 17.9 Å². The number of nitrogens with one attached hydrogen (secondary N) is 1. The minimum atomic E-state index is -3.84. The number of nitrogen functional groups attached to an aromatic ring is 1. The molecule has 0 spiro atoms. The van der Waals surface area contributed by atoms with Gasteiger partial charge in [0.25, 0.3) is 0 Å². The minimum absolute atomic E-state index is 0.141. The van der Waals surface area contributed by atoms with Crippen LogP contribution in [0.4, 0.5) is 10.1 Å². The molecule has 0 saturated heterocycles. The van der Waals surface area contributed by atoms with Gasteiger partial charge in [0, 0.05) is 6.04 Å². The van der Waals surface area contributed by atoms with Crippen LogP contribution in [-0.4, -0.2) is 25.7 Å². The summed E-state index contributed by atoms with van der Waals surface area (Å²) in [6, 6.07) is 2.62. The van der Waals surface area contributed by atoms with E-state index in [0.717, 1.165) is 31.0 Å². The summed E-state index contributed by atoms with van der Waals surface area (Å²) in [4.78, 5) is -0.160. The minimum Gasteiger partial charge on any atom is -0.398 e. The van der Waals surface area contributed by atoms with Gasteiger partial charge in [-0.1, -0.05) is 12.8 Å². The summed E-state index contributed by atoms with van der Waals surface area (Å²) in [5, 5.41) is 9.77. The van der Waals surface area contributed by atoms with Crippen molar-refractivity contribution in [1.82, 2.24) is 4.72 Å². The van der Waals surface area contributed by atoms with Gasteiger partial charge in [0.05, 0.1) is 11.8 Å². The fraction of sp³-hybridized carbons (Fsp3) is 0.500. The van der Waals surface area contributed by atoms with Gasteiger partial charge in [-0.25, -0.2) is 17.5 Å². The van der Waals surface area contributed by atoms with E-state index in [1.165, 1.54) is 0 Å². The molecule has 1 aliphatic carbocycles. The number of halogens is 1. The average molecular weight is 288 g/mol. The third kappa shape index (κ3) is 3.23. The van der Waals surface area contributed by atoms with Crippen molar-refractivity contribution in [1.29, 1.82) is 0 Å². The van der Waals surface area contributed by atoms with E-state index < -0.39 is 28.0 Å². The van der Waals surface area contributed by atoms with Crippen LogP contribution in [0, 0.1) is 5.82 Å². The Balaban J connectivity index is 2.22. The highest BCUT2D eigenvalue weighted by Gasteiger charge is 2.29. The van der Waals surface area contributed by atoms with Crippen LogP contribution in [0.25, 0.3) is 0 Å². The van der Waals surface area contributed by atoms with E-state index in [-0.39, 0.29) is 10.6 Å². The molecule has 4 N–H and O–H groups in total. The Morgan fingerprint density at radius 3 is 2.63 bits per heavy atom. The number of hydrogen-bond donors (Lipinski definition) is 3. The first-order valence-corrected chi connectivity index (χ1v) is 7.64. The van der Waals surface area contributed by atoms with Crippen LogP contribution in [0.3, 0.4) is 0 Å². The fourth-order valence-corrected chi connectivity index (χ4v) is 3.69. The Labute approximate surface area is 111 Å². The molecule has 19 heavy (non-hydrogen) atoms. The number of nitrogens with two attached hydrogens (primary N) is 1. The first-order chi connectivity index (χ1) is 8.90. The second-order valence-corrected chi connectivity index (χ2v) is 6.44. The van der Waals surface area contributed by atoms with Gasteiger partial charge in [-0.05, 0) is 31.0 Å². The lowest BCUT2D eigenvalue weighted by Crippen LogP contribution is -2.45. The number of benzene rings is 1. The summed E-state index contributed by atoms with van der Waals surface area (Å²) in [7, 11) is -3.84. The van der Waals surface area contributed by atoms with Crippen molar-refractivity contribution in [2.45, 2.75) is 42.7 Å². The van der Waals surface area contributed by atoms with Crippen molar-refractivity contribution in [3.8, 4) is 0 Å². The summed E-state index contributed by atoms with van der Waals surface area (Å²) in [6.07, 6.45) is 2.22. The molecule has 0 amide bonds. The van der Waals surface area contributed by atoms with Gasteiger partial charge >= 0.3 is 0 Å². The number of rotatable bonds is 3. The maximum absolute atomic E-state index is 12.9. The summed E-state index contributed by atoms with van der Waals surface area (Å²) < 4.78 is 39.7. The Hall–Kier alpha value is -1.18. The zero-order valence-electron chi connectivity index (χ0n) is 10.3. The van der Waals surface area contributed by atoms with Crippen molar-refractivity contribution >= 4 is 15.7 Å². The van der Waals surface area contributed by atoms with E-state index in [4.69, 9.17) is 5.73 Å². The third-order valence-electron chi connectivity index (χ3n) is 3.30. The Kier molecular flexibility index (Phi) is 4.07. The van der Waals surface area contributed by atoms with Crippen LogP contribution in [0.5, 0.6) is 0 Å². The van der Waals surface area contributed by atoms with Crippen molar-refractivity contribution in [2.24, 2.45) is 0 Å². The van der Waals surface area contributed by atoms with E-state index in [1.54, 1.807) is 0 Å². The number of hydrogen-bond acceptors (Lipinski definition) is 4. The van der Waals surface area contributed by atoms with Crippen molar-refractivity contribution in [3.05, 3.63) is 24.0 Å². The van der Waals surface area contributed by atoms with E-state index in [2.05, 4.69) is 4.72 Å². The van der Waals surface area contributed by atoms with Crippen LogP contribution in [-0.2, 0) is 10.0 Å². The largest absolute Gasteiger partial charge is 0.398 e. The smallest absolute Gasteiger partial charge is 0.242 e.